The Morgan fingerprint density at radius 3 is 2.60 bits per heavy atom. The Bertz CT molecular complexity index is 316. The van der Waals surface area contributed by atoms with Crippen LogP contribution in [-0.4, -0.2) is 55.2 Å². The summed E-state index contributed by atoms with van der Waals surface area (Å²) in [7, 11) is 0. The minimum atomic E-state index is -0.296. The normalized spacial score (nSPS) is 29.0. The van der Waals surface area contributed by atoms with Gasteiger partial charge >= 0.3 is 0 Å². The molecule has 5 nitrogen and oxygen atoms in total. The lowest BCUT2D eigenvalue weighted by atomic mass is 10.0. The molecule has 2 aliphatic heterocycles. The molecule has 2 heterocycles. The fourth-order valence-corrected chi connectivity index (χ4v) is 3.25. The van der Waals surface area contributed by atoms with Crippen LogP contribution in [0.4, 0.5) is 0 Å². The molecule has 0 radical (unpaired) electrons. The number of ether oxygens (including phenoxy) is 1. The van der Waals surface area contributed by atoms with Gasteiger partial charge in [-0.2, -0.15) is 0 Å². The van der Waals surface area contributed by atoms with Crippen molar-refractivity contribution in [3.05, 3.63) is 0 Å². The second-order valence-corrected chi connectivity index (χ2v) is 6.36. The summed E-state index contributed by atoms with van der Waals surface area (Å²) in [5, 5.41) is 3.08. The van der Waals surface area contributed by atoms with Crippen LogP contribution < -0.4 is 11.1 Å². The van der Waals surface area contributed by atoms with E-state index in [1.165, 1.54) is 12.8 Å². The van der Waals surface area contributed by atoms with E-state index in [1.807, 2.05) is 0 Å². The summed E-state index contributed by atoms with van der Waals surface area (Å²) in [4.78, 5) is 14.7. The van der Waals surface area contributed by atoms with Crippen LogP contribution in [-0.2, 0) is 9.53 Å². The van der Waals surface area contributed by atoms with Gasteiger partial charge in [-0.05, 0) is 44.7 Å². The van der Waals surface area contributed by atoms with Gasteiger partial charge in [0.25, 0.3) is 0 Å². The number of nitrogens with two attached hydrogens (primary N) is 1. The standard InChI is InChI=1S/C15H29N3O2/c1-11(2)13(18-7-3-4-8-18)10-17-15(19)14-6-5-12(9-16)20-14/h11-14H,3-10,16H2,1-2H3,(H,17,19). The molecule has 2 fully saturated rings. The molecular formula is C15H29N3O2. The van der Waals surface area contributed by atoms with Gasteiger partial charge in [-0.1, -0.05) is 13.8 Å². The van der Waals surface area contributed by atoms with Crippen LogP contribution in [0.2, 0.25) is 0 Å². The van der Waals surface area contributed by atoms with Crippen LogP contribution in [0.5, 0.6) is 0 Å². The topological polar surface area (TPSA) is 67.6 Å². The minimum absolute atomic E-state index is 0.0331. The molecule has 20 heavy (non-hydrogen) atoms. The van der Waals surface area contributed by atoms with Crippen molar-refractivity contribution in [3.8, 4) is 0 Å². The van der Waals surface area contributed by atoms with Crippen molar-refractivity contribution in [2.75, 3.05) is 26.2 Å². The highest BCUT2D eigenvalue weighted by atomic mass is 16.5. The van der Waals surface area contributed by atoms with Gasteiger partial charge in [-0.15, -0.1) is 0 Å². The largest absolute Gasteiger partial charge is 0.364 e. The van der Waals surface area contributed by atoms with Crippen molar-refractivity contribution < 1.29 is 9.53 Å². The van der Waals surface area contributed by atoms with Gasteiger partial charge in [0.2, 0.25) is 5.91 Å². The molecule has 1 amide bonds. The molecule has 0 aromatic rings. The van der Waals surface area contributed by atoms with Gasteiger partial charge in [0, 0.05) is 19.1 Å². The number of likely N-dealkylation sites (tertiary alicyclic amines) is 1. The molecule has 0 aliphatic carbocycles. The van der Waals surface area contributed by atoms with Gasteiger partial charge in [0.1, 0.15) is 6.10 Å². The van der Waals surface area contributed by atoms with Gasteiger partial charge < -0.3 is 15.8 Å². The number of carbonyl (C=O) groups is 1. The average Bonchev–Trinajstić information content (AvgIpc) is 3.09. The number of rotatable bonds is 6. The Morgan fingerprint density at radius 1 is 1.35 bits per heavy atom. The molecule has 116 valence electrons. The number of amides is 1. The zero-order valence-corrected chi connectivity index (χ0v) is 12.8. The van der Waals surface area contributed by atoms with E-state index in [0.717, 1.165) is 32.5 Å². The maximum absolute atomic E-state index is 12.2. The molecule has 3 unspecified atom stereocenters. The molecule has 2 aliphatic rings. The number of carbonyl (C=O) groups excluding carboxylic acids is 1. The minimum Gasteiger partial charge on any atom is -0.364 e. The molecule has 3 atom stereocenters. The lowest BCUT2D eigenvalue weighted by Gasteiger charge is -2.31. The zero-order valence-electron chi connectivity index (χ0n) is 12.8. The molecule has 0 aromatic heterocycles. The van der Waals surface area contributed by atoms with E-state index in [0.29, 0.717) is 18.5 Å². The van der Waals surface area contributed by atoms with Crippen LogP contribution in [0, 0.1) is 5.92 Å². The Morgan fingerprint density at radius 2 is 2.05 bits per heavy atom. The first kappa shape index (κ1) is 15.7. The molecular weight excluding hydrogens is 254 g/mol. The summed E-state index contributed by atoms with van der Waals surface area (Å²) in [6, 6.07) is 0.438. The summed E-state index contributed by atoms with van der Waals surface area (Å²) < 4.78 is 5.64. The van der Waals surface area contributed by atoms with Gasteiger partial charge in [-0.3, -0.25) is 9.69 Å². The van der Waals surface area contributed by atoms with Crippen molar-refractivity contribution in [2.24, 2.45) is 11.7 Å². The van der Waals surface area contributed by atoms with Gasteiger partial charge in [-0.25, -0.2) is 0 Å². The highest BCUT2D eigenvalue weighted by Gasteiger charge is 2.31. The monoisotopic (exact) mass is 283 g/mol. The predicted molar refractivity (Wildman–Crippen MR) is 79.4 cm³/mol. The SMILES string of the molecule is CC(C)C(CNC(=O)C1CCC(CN)O1)N1CCCC1. The van der Waals surface area contributed by atoms with E-state index in [9.17, 15) is 4.79 Å². The van der Waals surface area contributed by atoms with E-state index < -0.39 is 0 Å². The first-order chi connectivity index (χ1) is 9.61. The van der Waals surface area contributed by atoms with E-state index in [4.69, 9.17) is 10.5 Å². The molecule has 0 spiro atoms. The first-order valence-corrected chi connectivity index (χ1v) is 7.99. The summed E-state index contributed by atoms with van der Waals surface area (Å²) >= 11 is 0. The van der Waals surface area contributed by atoms with Crippen molar-refractivity contribution in [2.45, 2.75) is 57.8 Å². The summed E-state index contributed by atoms with van der Waals surface area (Å²) in [6.45, 7) is 8.01. The van der Waals surface area contributed by atoms with Crippen LogP contribution in [0.25, 0.3) is 0 Å². The zero-order chi connectivity index (χ0) is 14.5. The molecule has 0 aromatic carbocycles. The van der Waals surface area contributed by atoms with E-state index >= 15 is 0 Å². The number of hydrogen-bond donors (Lipinski definition) is 2. The second-order valence-electron chi connectivity index (χ2n) is 6.36. The smallest absolute Gasteiger partial charge is 0.249 e. The maximum Gasteiger partial charge on any atom is 0.249 e. The van der Waals surface area contributed by atoms with Gasteiger partial charge in [0.05, 0.1) is 6.10 Å². The molecule has 5 heteroatoms. The van der Waals surface area contributed by atoms with E-state index in [1.54, 1.807) is 0 Å². The molecule has 0 bridgehead atoms. The molecule has 2 rings (SSSR count). The van der Waals surface area contributed by atoms with E-state index in [-0.39, 0.29) is 18.1 Å². The van der Waals surface area contributed by atoms with Gasteiger partial charge in [0.15, 0.2) is 0 Å². The molecule has 0 saturated carbocycles. The third-order valence-electron chi connectivity index (χ3n) is 4.53. The Kier molecular flexibility index (Phi) is 5.81. The highest BCUT2D eigenvalue weighted by molar-refractivity contribution is 5.81. The summed E-state index contributed by atoms with van der Waals surface area (Å²) in [5.74, 6) is 0.584. The van der Waals surface area contributed by atoms with Crippen molar-refractivity contribution >= 4 is 5.91 Å². The first-order valence-electron chi connectivity index (χ1n) is 7.99. The Labute approximate surface area is 122 Å². The quantitative estimate of drug-likeness (QED) is 0.754. The Balaban J connectivity index is 1.78. The Hall–Kier alpha value is -0.650. The maximum atomic E-state index is 12.2. The summed E-state index contributed by atoms with van der Waals surface area (Å²) in [5.41, 5.74) is 5.58. The third kappa shape index (κ3) is 3.93. The van der Waals surface area contributed by atoms with Crippen LogP contribution in [0.1, 0.15) is 39.5 Å². The van der Waals surface area contributed by atoms with Crippen molar-refractivity contribution in [1.82, 2.24) is 10.2 Å². The van der Waals surface area contributed by atoms with Crippen LogP contribution in [0.3, 0.4) is 0 Å². The van der Waals surface area contributed by atoms with Crippen LogP contribution in [0.15, 0.2) is 0 Å². The lowest BCUT2D eigenvalue weighted by molar-refractivity contribution is -0.132. The molecule has 3 N–H and O–H groups in total. The van der Waals surface area contributed by atoms with E-state index in [2.05, 4.69) is 24.1 Å². The van der Waals surface area contributed by atoms with Crippen LogP contribution >= 0.6 is 0 Å². The second kappa shape index (κ2) is 7.38. The lowest BCUT2D eigenvalue weighted by Crippen LogP contribution is -2.47. The highest BCUT2D eigenvalue weighted by Crippen LogP contribution is 2.20. The predicted octanol–water partition coefficient (Wildman–Crippen LogP) is 0.729. The molecule has 2 saturated heterocycles. The number of hydrogen-bond acceptors (Lipinski definition) is 4. The number of nitrogens with one attached hydrogen (secondary N) is 1. The summed E-state index contributed by atoms with van der Waals surface area (Å²) in [6.07, 6.45) is 4.01. The fourth-order valence-electron chi connectivity index (χ4n) is 3.25. The third-order valence-corrected chi connectivity index (χ3v) is 4.53. The number of nitrogens with zero attached hydrogens (tertiary/aromatic N) is 1. The fraction of sp³-hybridized carbons (Fsp3) is 0.933. The van der Waals surface area contributed by atoms with Crippen molar-refractivity contribution in [3.63, 3.8) is 0 Å². The average molecular weight is 283 g/mol. The van der Waals surface area contributed by atoms with Crippen molar-refractivity contribution in [1.29, 1.82) is 0 Å².